The van der Waals surface area contributed by atoms with E-state index in [1.165, 1.54) is 0 Å². The van der Waals surface area contributed by atoms with Crippen LogP contribution in [-0.4, -0.2) is 48.7 Å². The first kappa shape index (κ1) is 11.5. The van der Waals surface area contributed by atoms with E-state index < -0.39 is 5.97 Å². The van der Waals surface area contributed by atoms with E-state index in [1.807, 2.05) is 19.0 Å². The smallest absolute Gasteiger partial charge is 0.309 e. The molecule has 3 unspecified atom stereocenters. The van der Waals surface area contributed by atoms with Crippen molar-refractivity contribution in [2.45, 2.75) is 31.8 Å². The van der Waals surface area contributed by atoms with E-state index in [0.29, 0.717) is 12.6 Å². The van der Waals surface area contributed by atoms with Crippen molar-refractivity contribution in [3.05, 3.63) is 0 Å². The van der Waals surface area contributed by atoms with Gasteiger partial charge in [-0.1, -0.05) is 6.92 Å². The normalized spacial score (nSPS) is 33.3. The molecule has 0 aromatic carbocycles. The monoisotopic (exact) mass is 200 g/mol. The Morgan fingerprint density at radius 2 is 2.21 bits per heavy atom. The third kappa shape index (κ3) is 2.45. The van der Waals surface area contributed by atoms with Crippen molar-refractivity contribution in [2.75, 3.05) is 20.6 Å². The Morgan fingerprint density at radius 1 is 1.57 bits per heavy atom. The summed E-state index contributed by atoms with van der Waals surface area (Å²) in [5.41, 5.74) is 0. The lowest BCUT2D eigenvalue weighted by Gasteiger charge is -2.38. The zero-order valence-electron chi connectivity index (χ0n) is 9.16. The minimum Gasteiger partial charge on any atom is -0.481 e. The van der Waals surface area contributed by atoms with Gasteiger partial charge >= 0.3 is 5.97 Å². The van der Waals surface area contributed by atoms with Crippen LogP contribution in [0, 0.1) is 5.92 Å². The lowest BCUT2D eigenvalue weighted by molar-refractivity contribution is -0.144. The second-order valence-electron chi connectivity index (χ2n) is 4.22. The maximum Gasteiger partial charge on any atom is 0.309 e. The molecule has 4 heteroatoms. The lowest BCUT2D eigenvalue weighted by Crippen LogP contribution is -2.54. The Morgan fingerprint density at radius 3 is 2.64 bits per heavy atom. The van der Waals surface area contributed by atoms with Gasteiger partial charge in [-0.05, 0) is 26.9 Å². The van der Waals surface area contributed by atoms with Gasteiger partial charge in [0.25, 0.3) is 0 Å². The van der Waals surface area contributed by atoms with Gasteiger partial charge in [-0.3, -0.25) is 4.79 Å². The number of piperidine rings is 1. The van der Waals surface area contributed by atoms with E-state index in [9.17, 15) is 4.79 Å². The zero-order valence-corrected chi connectivity index (χ0v) is 9.16. The second kappa shape index (κ2) is 4.75. The first-order valence-corrected chi connectivity index (χ1v) is 5.18. The van der Waals surface area contributed by atoms with Crippen LogP contribution in [0.25, 0.3) is 0 Å². The van der Waals surface area contributed by atoms with Crippen molar-refractivity contribution >= 4 is 5.97 Å². The van der Waals surface area contributed by atoms with E-state index >= 15 is 0 Å². The third-order valence-corrected chi connectivity index (χ3v) is 3.09. The number of nitrogens with zero attached hydrogens (tertiary/aromatic N) is 1. The molecule has 4 nitrogen and oxygen atoms in total. The molecular formula is C10H20N2O2. The largest absolute Gasteiger partial charge is 0.481 e. The summed E-state index contributed by atoms with van der Waals surface area (Å²) >= 11 is 0. The van der Waals surface area contributed by atoms with Crippen molar-refractivity contribution in [1.29, 1.82) is 0 Å². The maximum atomic E-state index is 11.0. The molecule has 1 saturated heterocycles. The molecule has 1 aliphatic rings. The topological polar surface area (TPSA) is 52.6 Å². The van der Waals surface area contributed by atoms with Gasteiger partial charge in [-0.15, -0.1) is 0 Å². The maximum absolute atomic E-state index is 11.0. The molecule has 2 N–H and O–H groups in total. The molecule has 1 aliphatic heterocycles. The summed E-state index contributed by atoms with van der Waals surface area (Å²) in [6.45, 7) is 2.72. The highest BCUT2D eigenvalue weighted by atomic mass is 16.4. The molecule has 0 amide bonds. The minimum atomic E-state index is -0.689. The Labute approximate surface area is 85.3 Å². The molecule has 14 heavy (non-hydrogen) atoms. The number of hydrogen-bond acceptors (Lipinski definition) is 3. The Kier molecular flexibility index (Phi) is 3.89. The van der Waals surface area contributed by atoms with Crippen LogP contribution >= 0.6 is 0 Å². The van der Waals surface area contributed by atoms with Crippen molar-refractivity contribution < 1.29 is 9.90 Å². The zero-order chi connectivity index (χ0) is 10.7. The van der Waals surface area contributed by atoms with Crippen molar-refractivity contribution in [3.8, 4) is 0 Å². The first-order valence-electron chi connectivity index (χ1n) is 5.18. The van der Waals surface area contributed by atoms with Crippen LogP contribution in [0.4, 0.5) is 0 Å². The van der Waals surface area contributed by atoms with Crippen molar-refractivity contribution in [2.24, 2.45) is 5.92 Å². The average Bonchev–Trinajstić information content (AvgIpc) is 2.16. The Hall–Kier alpha value is -0.610. The Balaban J connectivity index is 2.65. The van der Waals surface area contributed by atoms with Crippen LogP contribution in [0.2, 0.25) is 0 Å². The molecule has 3 atom stereocenters. The van der Waals surface area contributed by atoms with Gasteiger partial charge in [-0.25, -0.2) is 0 Å². The van der Waals surface area contributed by atoms with Crippen LogP contribution in [0.5, 0.6) is 0 Å². The van der Waals surface area contributed by atoms with Gasteiger partial charge in [-0.2, -0.15) is 0 Å². The van der Waals surface area contributed by atoms with Crippen LogP contribution in [-0.2, 0) is 4.79 Å². The summed E-state index contributed by atoms with van der Waals surface area (Å²) in [6.07, 6.45) is 2.00. The molecule has 82 valence electrons. The summed E-state index contributed by atoms with van der Waals surface area (Å²) < 4.78 is 0. The molecule has 0 bridgehead atoms. The summed E-state index contributed by atoms with van der Waals surface area (Å²) in [4.78, 5) is 13.0. The molecule has 1 fully saturated rings. The fourth-order valence-electron chi connectivity index (χ4n) is 2.10. The third-order valence-electron chi connectivity index (χ3n) is 3.09. The van der Waals surface area contributed by atoms with E-state index in [2.05, 4.69) is 12.2 Å². The van der Waals surface area contributed by atoms with E-state index in [4.69, 9.17) is 5.11 Å². The SMILES string of the molecule is CCC1CC(N(C)C)C(C(=O)O)CN1. The average molecular weight is 200 g/mol. The number of carboxylic acid groups (broad SMARTS) is 1. The number of aliphatic carboxylic acids is 1. The van der Waals surface area contributed by atoms with Crippen LogP contribution in [0.15, 0.2) is 0 Å². The van der Waals surface area contributed by atoms with E-state index in [-0.39, 0.29) is 12.0 Å². The molecular weight excluding hydrogens is 180 g/mol. The molecule has 0 radical (unpaired) electrons. The van der Waals surface area contributed by atoms with Crippen LogP contribution < -0.4 is 5.32 Å². The van der Waals surface area contributed by atoms with Gasteiger partial charge in [0.1, 0.15) is 0 Å². The second-order valence-corrected chi connectivity index (χ2v) is 4.22. The highest BCUT2D eigenvalue weighted by Crippen LogP contribution is 2.20. The number of carbonyl (C=O) groups is 1. The van der Waals surface area contributed by atoms with Crippen LogP contribution in [0.3, 0.4) is 0 Å². The molecule has 0 aromatic heterocycles. The summed E-state index contributed by atoms with van der Waals surface area (Å²) in [5, 5.41) is 12.3. The van der Waals surface area contributed by atoms with Gasteiger partial charge in [0.15, 0.2) is 0 Å². The van der Waals surface area contributed by atoms with Gasteiger partial charge in [0, 0.05) is 18.6 Å². The minimum absolute atomic E-state index is 0.165. The van der Waals surface area contributed by atoms with Gasteiger partial charge < -0.3 is 15.3 Å². The van der Waals surface area contributed by atoms with Gasteiger partial charge in [0.05, 0.1) is 5.92 Å². The molecule has 1 heterocycles. The first-order chi connectivity index (χ1) is 6.56. The molecule has 0 spiro atoms. The van der Waals surface area contributed by atoms with Crippen molar-refractivity contribution in [3.63, 3.8) is 0 Å². The number of hydrogen-bond donors (Lipinski definition) is 2. The quantitative estimate of drug-likeness (QED) is 0.692. The van der Waals surface area contributed by atoms with E-state index in [1.54, 1.807) is 0 Å². The number of rotatable bonds is 3. The van der Waals surface area contributed by atoms with Crippen molar-refractivity contribution in [1.82, 2.24) is 10.2 Å². The summed E-state index contributed by atoms with van der Waals surface area (Å²) in [5.74, 6) is -0.960. The fraction of sp³-hybridized carbons (Fsp3) is 0.900. The summed E-state index contributed by atoms with van der Waals surface area (Å²) in [6, 6.07) is 0.636. The number of nitrogens with one attached hydrogen (secondary N) is 1. The standard InChI is InChI=1S/C10H20N2O2/c1-4-7-5-9(12(2)3)8(6-11-7)10(13)14/h7-9,11H,4-6H2,1-3H3,(H,13,14). The predicted molar refractivity (Wildman–Crippen MR) is 55.3 cm³/mol. The highest BCUT2D eigenvalue weighted by molar-refractivity contribution is 5.71. The van der Waals surface area contributed by atoms with Gasteiger partial charge in [0.2, 0.25) is 0 Å². The van der Waals surface area contributed by atoms with Crippen LogP contribution in [0.1, 0.15) is 19.8 Å². The summed E-state index contributed by atoms with van der Waals surface area (Å²) in [7, 11) is 3.91. The van der Waals surface area contributed by atoms with E-state index in [0.717, 1.165) is 12.8 Å². The lowest BCUT2D eigenvalue weighted by atomic mass is 9.87. The molecule has 0 aliphatic carbocycles. The highest BCUT2D eigenvalue weighted by Gasteiger charge is 2.35. The molecule has 0 aromatic rings. The fourth-order valence-corrected chi connectivity index (χ4v) is 2.10. The Bertz CT molecular complexity index is 206. The molecule has 1 rings (SSSR count). The predicted octanol–water partition coefficient (Wildman–Crippen LogP) is 0.389. The number of carboxylic acids is 1. The molecule has 0 saturated carbocycles.